The standard InChI is InChI=1S/C14H23N3O2/c1-5-11-15-12(16-19-11)10-7-6-8-17(9-10)13(18)14(2,3)4/h10H,5-9H2,1-4H3/t10-/m1/s1. The predicted molar refractivity (Wildman–Crippen MR) is 71.7 cm³/mol. The van der Waals surface area contributed by atoms with E-state index in [9.17, 15) is 4.79 Å². The molecule has 1 saturated heterocycles. The van der Waals surface area contributed by atoms with Gasteiger partial charge in [-0.25, -0.2) is 0 Å². The molecule has 0 saturated carbocycles. The maximum Gasteiger partial charge on any atom is 0.227 e. The van der Waals surface area contributed by atoms with Gasteiger partial charge in [0.15, 0.2) is 5.82 Å². The molecule has 5 heteroatoms. The van der Waals surface area contributed by atoms with Gasteiger partial charge in [0.05, 0.1) is 0 Å². The van der Waals surface area contributed by atoms with Crippen LogP contribution in [0.1, 0.15) is 58.2 Å². The smallest absolute Gasteiger partial charge is 0.227 e. The summed E-state index contributed by atoms with van der Waals surface area (Å²) in [6.07, 6.45) is 2.78. The molecule has 1 aliphatic heterocycles. The van der Waals surface area contributed by atoms with Gasteiger partial charge < -0.3 is 9.42 Å². The quantitative estimate of drug-likeness (QED) is 0.823. The Morgan fingerprint density at radius 1 is 1.47 bits per heavy atom. The van der Waals surface area contributed by atoms with Crippen molar-refractivity contribution in [1.29, 1.82) is 0 Å². The molecule has 1 amide bonds. The van der Waals surface area contributed by atoms with Crippen LogP contribution in [0.3, 0.4) is 0 Å². The van der Waals surface area contributed by atoms with E-state index in [0.29, 0.717) is 12.4 Å². The van der Waals surface area contributed by atoms with Crippen LogP contribution in [-0.2, 0) is 11.2 Å². The molecule has 0 bridgehead atoms. The summed E-state index contributed by atoms with van der Waals surface area (Å²) in [5.74, 6) is 1.85. The fraction of sp³-hybridized carbons (Fsp3) is 0.786. The van der Waals surface area contributed by atoms with Gasteiger partial charge in [-0.1, -0.05) is 32.9 Å². The summed E-state index contributed by atoms with van der Waals surface area (Å²) >= 11 is 0. The number of carbonyl (C=O) groups excluding carboxylic acids is 1. The highest BCUT2D eigenvalue weighted by molar-refractivity contribution is 5.81. The second-order valence-corrected chi connectivity index (χ2v) is 6.24. The van der Waals surface area contributed by atoms with Gasteiger partial charge in [0.2, 0.25) is 11.8 Å². The molecule has 0 unspecified atom stereocenters. The number of aryl methyl sites for hydroxylation is 1. The number of piperidine rings is 1. The molecular weight excluding hydrogens is 242 g/mol. The third-order valence-electron chi connectivity index (χ3n) is 3.50. The fourth-order valence-corrected chi connectivity index (χ4v) is 2.42. The number of hydrogen-bond donors (Lipinski definition) is 0. The van der Waals surface area contributed by atoms with Crippen LogP contribution in [0.15, 0.2) is 4.52 Å². The highest BCUT2D eigenvalue weighted by Gasteiger charge is 2.32. The molecule has 1 atom stereocenters. The molecule has 19 heavy (non-hydrogen) atoms. The van der Waals surface area contributed by atoms with Crippen molar-refractivity contribution in [3.05, 3.63) is 11.7 Å². The Bertz CT molecular complexity index is 448. The van der Waals surface area contributed by atoms with Crippen LogP contribution in [-0.4, -0.2) is 34.0 Å². The van der Waals surface area contributed by atoms with Crippen LogP contribution in [0.4, 0.5) is 0 Å². The molecule has 0 spiro atoms. The number of likely N-dealkylation sites (tertiary alicyclic amines) is 1. The molecule has 0 aliphatic carbocycles. The molecule has 1 aliphatic rings. The molecule has 2 rings (SSSR count). The Kier molecular flexibility index (Phi) is 3.92. The first-order valence-electron chi connectivity index (χ1n) is 7.03. The van der Waals surface area contributed by atoms with Crippen molar-refractivity contribution in [2.75, 3.05) is 13.1 Å². The third-order valence-corrected chi connectivity index (χ3v) is 3.50. The minimum atomic E-state index is -0.326. The molecule has 106 valence electrons. The molecule has 0 radical (unpaired) electrons. The summed E-state index contributed by atoms with van der Waals surface area (Å²) in [4.78, 5) is 18.7. The highest BCUT2D eigenvalue weighted by atomic mass is 16.5. The van der Waals surface area contributed by atoms with Crippen molar-refractivity contribution < 1.29 is 9.32 Å². The molecule has 2 heterocycles. The summed E-state index contributed by atoms with van der Waals surface area (Å²) in [5.41, 5.74) is -0.326. The summed E-state index contributed by atoms with van der Waals surface area (Å²) < 4.78 is 5.17. The Morgan fingerprint density at radius 2 is 2.21 bits per heavy atom. The molecule has 0 aromatic carbocycles. The summed E-state index contributed by atoms with van der Waals surface area (Å²) in [6, 6.07) is 0. The maximum atomic E-state index is 12.3. The minimum absolute atomic E-state index is 0.205. The molecule has 1 aromatic rings. The fourth-order valence-electron chi connectivity index (χ4n) is 2.42. The number of rotatable bonds is 2. The molecular formula is C14H23N3O2. The maximum absolute atomic E-state index is 12.3. The van der Waals surface area contributed by atoms with E-state index < -0.39 is 0 Å². The number of nitrogens with zero attached hydrogens (tertiary/aromatic N) is 3. The SMILES string of the molecule is CCc1nc([C@@H]2CCCN(C(=O)C(C)(C)C)C2)no1. The van der Waals surface area contributed by atoms with Crippen molar-refractivity contribution in [3.8, 4) is 0 Å². The van der Waals surface area contributed by atoms with Gasteiger partial charge >= 0.3 is 0 Å². The van der Waals surface area contributed by atoms with Gasteiger partial charge in [-0.3, -0.25) is 4.79 Å². The van der Waals surface area contributed by atoms with E-state index in [1.165, 1.54) is 0 Å². The summed E-state index contributed by atoms with van der Waals surface area (Å²) in [5, 5.41) is 4.04. The lowest BCUT2D eigenvalue weighted by Gasteiger charge is -2.35. The van der Waals surface area contributed by atoms with E-state index in [2.05, 4.69) is 10.1 Å². The van der Waals surface area contributed by atoms with Crippen LogP contribution >= 0.6 is 0 Å². The first-order chi connectivity index (χ1) is 8.91. The Morgan fingerprint density at radius 3 is 2.79 bits per heavy atom. The van der Waals surface area contributed by atoms with E-state index >= 15 is 0 Å². The van der Waals surface area contributed by atoms with E-state index in [-0.39, 0.29) is 17.2 Å². The Hall–Kier alpha value is -1.39. The van der Waals surface area contributed by atoms with Gasteiger partial charge in [0, 0.05) is 30.8 Å². The van der Waals surface area contributed by atoms with Crippen LogP contribution in [0.2, 0.25) is 0 Å². The van der Waals surface area contributed by atoms with Gasteiger partial charge in [0.1, 0.15) is 0 Å². The topological polar surface area (TPSA) is 59.2 Å². The predicted octanol–water partition coefficient (Wildman–Crippen LogP) is 2.38. The molecule has 0 N–H and O–H groups in total. The zero-order valence-corrected chi connectivity index (χ0v) is 12.3. The van der Waals surface area contributed by atoms with Gasteiger partial charge in [0.25, 0.3) is 0 Å². The van der Waals surface area contributed by atoms with Gasteiger partial charge in [-0.2, -0.15) is 4.98 Å². The molecule has 1 fully saturated rings. The number of amides is 1. The second-order valence-electron chi connectivity index (χ2n) is 6.24. The Balaban J connectivity index is 2.07. The van der Waals surface area contributed by atoms with Gasteiger partial charge in [-0.05, 0) is 12.8 Å². The van der Waals surface area contributed by atoms with Crippen molar-refractivity contribution >= 4 is 5.91 Å². The highest BCUT2D eigenvalue weighted by Crippen LogP contribution is 2.28. The molecule has 5 nitrogen and oxygen atoms in total. The van der Waals surface area contributed by atoms with Crippen molar-refractivity contribution in [1.82, 2.24) is 15.0 Å². The lowest BCUT2D eigenvalue weighted by Crippen LogP contribution is -2.44. The van der Waals surface area contributed by atoms with Crippen molar-refractivity contribution in [3.63, 3.8) is 0 Å². The lowest BCUT2D eigenvalue weighted by atomic mass is 9.91. The first-order valence-corrected chi connectivity index (χ1v) is 7.03. The Labute approximate surface area is 114 Å². The summed E-state index contributed by atoms with van der Waals surface area (Å²) in [6.45, 7) is 9.42. The second kappa shape index (κ2) is 5.31. The number of hydrogen-bond acceptors (Lipinski definition) is 4. The molecule has 1 aromatic heterocycles. The zero-order chi connectivity index (χ0) is 14.0. The normalized spacial score (nSPS) is 20.6. The van der Waals surface area contributed by atoms with Gasteiger partial charge in [-0.15, -0.1) is 0 Å². The van der Waals surface area contributed by atoms with Crippen LogP contribution in [0.25, 0.3) is 0 Å². The van der Waals surface area contributed by atoms with Crippen LogP contribution < -0.4 is 0 Å². The zero-order valence-electron chi connectivity index (χ0n) is 12.3. The largest absolute Gasteiger partial charge is 0.342 e. The van der Waals surface area contributed by atoms with E-state index in [1.54, 1.807) is 0 Å². The monoisotopic (exact) mass is 265 g/mol. The van der Waals surface area contributed by atoms with E-state index in [1.807, 2.05) is 32.6 Å². The van der Waals surface area contributed by atoms with E-state index in [0.717, 1.165) is 31.6 Å². The van der Waals surface area contributed by atoms with Crippen LogP contribution in [0, 0.1) is 5.41 Å². The lowest BCUT2D eigenvalue weighted by molar-refractivity contribution is -0.140. The third kappa shape index (κ3) is 3.14. The average molecular weight is 265 g/mol. The van der Waals surface area contributed by atoms with Crippen molar-refractivity contribution in [2.24, 2.45) is 5.41 Å². The average Bonchev–Trinajstić information content (AvgIpc) is 2.85. The van der Waals surface area contributed by atoms with Crippen molar-refractivity contribution in [2.45, 2.75) is 52.9 Å². The number of carbonyl (C=O) groups is 1. The summed E-state index contributed by atoms with van der Waals surface area (Å²) in [7, 11) is 0. The first kappa shape index (κ1) is 14.0. The minimum Gasteiger partial charge on any atom is -0.342 e. The van der Waals surface area contributed by atoms with Crippen LogP contribution in [0.5, 0.6) is 0 Å². The number of aromatic nitrogens is 2. The van der Waals surface area contributed by atoms with E-state index in [4.69, 9.17) is 4.52 Å².